The zero-order valence-corrected chi connectivity index (χ0v) is 8.98. The molecule has 0 spiro atoms. The number of hydrogen-bond acceptors (Lipinski definition) is 3. The van der Waals surface area contributed by atoms with E-state index in [1.54, 1.807) is 26.0 Å². The van der Waals surface area contributed by atoms with E-state index >= 15 is 0 Å². The van der Waals surface area contributed by atoms with Gasteiger partial charge < -0.3 is 4.79 Å². The first kappa shape index (κ1) is 11.4. The molecule has 0 radical (unpaired) electrons. The summed E-state index contributed by atoms with van der Waals surface area (Å²) >= 11 is 0. The average molecular weight is 207 g/mol. The number of nitro groups is 1. The standard InChI is InChI=1S/C11H13NO3/c1-8-4-5-10(12(14)15)9(6-8)11(2,3)7-13/h4-7H,1-3H3. The predicted octanol–water partition coefficient (Wildman–Crippen LogP) is 2.38. The van der Waals surface area contributed by atoms with Gasteiger partial charge in [-0.2, -0.15) is 0 Å². The first-order chi connectivity index (χ1) is 6.88. The number of rotatable bonds is 3. The molecule has 0 aliphatic heterocycles. The summed E-state index contributed by atoms with van der Waals surface area (Å²) < 4.78 is 0. The van der Waals surface area contributed by atoms with Gasteiger partial charge in [-0.1, -0.05) is 11.6 Å². The lowest BCUT2D eigenvalue weighted by molar-refractivity contribution is -0.385. The molecule has 0 saturated heterocycles. The summed E-state index contributed by atoms with van der Waals surface area (Å²) in [6.07, 6.45) is 0.731. The van der Waals surface area contributed by atoms with E-state index in [2.05, 4.69) is 0 Å². The third-order valence-corrected chi connectivity index (χ3v) is 2.34. The molecule has 0 bridgehead atoms. The summed E-state index contributed by atoms with van der Waals surface area (Å²) in [5, 5.41) is 10.8. The average Bonchev–Trinajstić information content (AvgIpc) is 2.17. The van der Waals surface area contributed by atoms with E-state index in [4.69, 9.17) is 0 Å². The normalized spacial score (nSPS) is 11.1. The molecule has 4 heteroatoms. The Balaban J connectivity index is 3.43. The van der Waals surface area contributed by atoms with E-state index in [0.29, 0.717) is 5.56 Å². The van der Waals surface area contributed by atoms with Crippen LogP contribution in [0, 0.1) is 17.0 Å². The summed E-state index contributed by atoms with van der Waals surface area (Å²) in [5.74, 6) is 0. The second-order valence-electron chi connectivity index (χ2n) is 4.12. The van der Waals surface area contributed by atoms with Gasteiger partial charge in [0.05, 0.1) is 10.3 Å². The Kier molecular flexibility index (Phi) is 2.88. The minimum Gasteiger partial charge on any atom is -0.302 e. The Morgan fingerprint density at radius 1 is 1.40 bits per heavy atom. The molecule has 80 valence electrons. The van der Waals surface area contributed by atoms with Gasteiger partial charge in [-0.25, -0.2) is 0 Å². The molecule has 0 fully saturated rings. The summed E-state index contributed by atoms with van der Waals surface area (Å²) in [6, 6.07) is 4.80. The highest BCUT2D eigenvalue weighted by Gasteiger charge is 2.28. The van der Waals surface area contributed by atoms with Crippen LogP contribution >= 0.6 is 0 Å². The van der Waals surface area contributed by atoms with Crippen LogP contribution in [-0.2, 0) is 10.2 Å². The number of nitro benzene ring substituents is 1. The highest BCUT2D eigenvalue weighted by Crippen LogP contribution is 2.30. The van der Waals surface area contributed by atoms with Gasteiger partial charge >= 0.3 is 0 Å². The number of aryl methyl sites for hydroxylation is 1. The Morgan fingerprint density at radius 3 is 2.47 bits per heavy atom. The lowest BCUT2D eigenvalue weighted by Gasteiger charge is -2.17. The highest BCUT2D eigenvalue weighted by molar-refractivity contribution is 5.70. The van der Waals surface area contributed by atoms with E-state index in [9.17, 15) is 14.9 Å². The van der Waals surface area contributed by atoms with E-state index in [0.717, 1.165) is 11.8 Å². The molecule has 0 aliphatic carbocycles. The molecule has 0 N–H and O–H groups in total. The number of carbonyl (C=O) groups excluding carboxylic acids is 1. The molecule has 0 heterocycles. The molecular weight excluding hydrogens is 194 g/mol. The van der Waals surface area contributed by atoms with Crippen molar-refractivity contribution in [1.82, 2.24) is 0 Å². The zero-order chi connectivity index (χ0) is 11.6. The molecule has 0 amide bonds. The molecule has 15 heavy (non-hydrogen) atoms. The van der Waals surface area contributed by atoms with Crippen LogP contribution in [0.4, 0.5) is 5.69 Å². The number of nitrogens with zero attached hydrogens (tertiary/aromatic N) is 1. The van der Waals surface area contributed by atoms with Crippen molar-refractivity contribution < 1.29 is 9.72 Å². The monoisotopic (exact) mass is 207 g/mol. The largest absolute Gasteiger partial charge is 0.302 e. The summed E-state index contributed by atoms with van der Waals surface area (Å²) in [4.78, 5) is 21.2. The quantitative estimate of drug-likeness (QED) is 0.434. The van der Waals surface area contributed by atoms with Crippen LogP contribution in [-0.4, -0.2) is 11.2 Å². The van der Waals surface area contributed by atoms with Gasteiger partial charge in [0.1, 0.15) is 6.29 Å². The van der Waals surface area contributed by atoms with Crippen molar-refractivity contribution in [2.24, 2.45) is 0 Å². The highest BCUT2D eigenvalue weighted by atomic mass is 16.6. The Labute approximate surface area is 88.1 Å². The van der Waals surface area contributed by atoms with Gasteiger partial charge in [-0.3, -0.25) is 10.1 Å². The fraction of sp³-hybridized carbons (Fsp3) is 0.364. The van der Waals surface area contributed by atoms with Crippen LogP contribution < -0.4 is 0 Å². The molecule has 4 nitrogen and oxygen atoms in total. The van der Waals surface area contributed by atoms with Crippen LogP contribution in [0.25, 0.3) is 0 Å². The second kappa shape index (κ2) is 3.81. The first-order valence-corrected chi connectivity index (χ1v) is 4.60. The SMILES string of the molecule is Cc1ccc([N+](=O)[O-])c(C(C)(C)C=O)c1. The fourth-order valence-electron chi connectivity index (χ4n) is 1.39. The molecule has 1 aromatic carbocycles. The molecule has 0 saturated carbocycles. The molecular formula is C11H13NO3. The van der Waals surface area contributed by atoms with Gasteiger partial charge in [0.2, 0.25) is 0 Å². The molecule has 0 aliphatic rings. The van der Waals surface area contributed by atoms with Crippen LogP contribution in [0.2, 0.25) is 0 Å². The maximum Gasteiger partial charge on any atom is 0.273 e. The smallest absolute Gasteiger partial charge is 0.273 e. The van der Waals surface area contributed by atoms with E-state index in [1.165, 1.54) is 6.07 Å². The third-order valence-electron chi connectivity index (χ3n) is 2.34. The molecule has 1 aromatic rings. The fourth-order valence-corrected chi connectivity index (χ4v) is 1.39. The van der Waals surface area contributed by atoms with Crippen molar-refractivity contribution in [1.29, 1.82) is 0 Å². The number of benzene rings is 1. The van der Waals surface area contributed by atoms with Crippen molar-refractivity contribution in [3.63, 3.8) is 0 Å². The summed E-state index contributed by atoms with van der Waals surface area (Å²) in [6.45, 7) is 5.18. The van der Waals surface area contributed by atoms with Crippen molar-refractivity contribution in [2.75, 3.05) is 0 Å². The van der Waals surface area contributed by atoms with Gasteiger partial charge in [-0.05, 0) is 26.8 Å². The maximum atomic E-state index is 10.9. The van der Waals surface area contributed by atoms with Crippen molar-refractivity contribution in [3.05, 3.63) is 39.4 Å². The van der Waals surface area contributed by atoms with Gasteiger partial charge in [0.25, 0.3) is 5.69 Å². The zero-order valence-electron chi connectivity index (χ0n) is 8.98. The Bertz CT molecular complexity index is 410. The summed E-state index contributed by atoms with van der Waals surface area (Å²) in [5.41, 5.74) is 0.541. The Hall–Kier alpha value is -1.71. The Morgan fingerprint density at radius 2 is 2.00 bits per heavy atom. The van der Waals surface area contributed by atoms with Crippen LogP contribution in [0.3, 0.4) is 0 Å². The van der Waals surface area contributed by atoms with E-state index in [-0.39, 0.29) is 5.69 Å². The van der Waals surface area contributed by atoms with Crippen LogP contribution in [0.1, 0.15) is 25.0 Å². The van der Waals surface area contributed by atoms with E-state index in [1.807, 2.05) is 6.92 Å². The topological polar surface area (TPSA) is 60.2 Å². The van der Waals surface area contributed by atoms with Crippen molar-refractivity contribution in [2.45, 2.75) is 26.2 Å². The molecule has 1 rings (SSSR count). The van der Waals surface area contributed by atoms with Gasteiger partial charge in [0.15, 0.2) is 0 Å². The minimum atomic E-state index is -0.825. The van der Waals surface area contributed by atoms with E-state index < -0.39 is 10.3 Å². The van der Waals surface area contributed by atoms with Gasteiger partial charge in [0, 0.05) is 11.6 Å². The van der Waals surface area contributed by atoms with Crippen molar-refractivity contribution >= 4 is 12.0 Å². The van der Waals surface area contributed by atoms with Gasteiger partial charge in [-0.15, -0.1) is 0 Å². The first-order valence-electron chi connectivity index (χ1n) is 4.60. The molecule has 0 aromatic heterocycles. The van der Waals surface area contributed by atoms with Crippen LogP contribution in [0.15, 0.2) is 18.2 Å². The number of aldehydes is 1. The van der Waals surface area contributed by atoms with Crippen molar-refractivity contribution in [3.8, 4) is 0 Å². The lowest BCUT2D eigenvalue weighted by Crippen LogP contribution is -2.20. The second-order valence-corrected chi connectivity index (χ2v) is 4.12. The lowest BCUT2D eigenvalue weighted by atomic mass is 9.84. The minimum absolute atomic E-state index is 0.00213. The number of hydrogen-bond donors (Lipinski definition) is 0. The predicted molar refractivity (Wildman–Crippen MR) is 56.9 cm³/mol. The number of carbonyl (C=O) groups is 1. The van der Waals surface area contributed by atoms with Crippen LogP contribution in [0.5, 0.6) is 0 Å². The third kappa shape index (κ3) is 2.21. The summed E-state index contributed by atoms with van der Waals surface area (Å²) in [7, 11) is 0. The maximum absolute atomic E-state index is 10.9. The molecule has 0 atom stereocenters. The molecule has 0 unspecified atom stereocenters.